The Morgan fingerprint density at radius 3 is 2.67 bits per heavy atom. The van der Waals surface area contributed by atoms with Crippen molar-refractivity contribution in [3.05, 3.63) is 22.4 Å². The molecule has 0 aromatic carbocycles. The van der Waals surface area contributed by atoms with Gasteiger partial charge in [-0.25, -0.2) is 0 Å². The van der Waals surface area contributed by atoms with Gasteiger partial charge >= 0.3 is 0 Å². The van der Waals surface area contributed by atoms with Crippen LogP contribution in [-0.2, 0) is 5.41 Å². The Morgan fingerprint density at radius 1 is 1.39 bits per heavy atom. The second kappa shape index (κ2) is 6.18. The highest BCUT2D eigenvalue weighted by atomic mass is 32.1. The molecule has 0 radical (unpaired) electrons. The van der Waals surface area contributed by atoms with E-state index in [9.17, 15) is 0 Å². The molecule has 1 aliphatic rings. The van der Waals surface area contributed by atoms with Gasteiger partial charge in [-0.3, -0.25) is 0 Å². The smallest absolute Gasteiger partial charge is 0.0118 e. The molecule has 1 aliphatic heterocycles. The quantitative estimate of drug-likeness (QED) is 0.881. The van der Waals surface area contributed by atoms with Crippen molar-refractivity contribution in [2.24, 2.45) is 0 Å². The second-order valence-electron chi connectivity index (χ2n) is 5.97. The van der Waals surface area contributed by atoms with E-state index in [1.807, 2.05) is 11.3 Å². The molecular weight excluding hydrogens is 240 g/mol. The highest BCUT2D eigenvalue weighted by Crippen LogP contribution is 2.29. The van der Waals surface area contributed by atoms with E-state index >= 15 is 0 Å². The van der Waals surface area contributed by atoms with Crippen LogP contribution in [0, 0.1) is 0 Å². The monoisotopic (exact) mass is 266 g/mol. The van der Waals surface area contributed by atoms with Crippen LogP contribution in [-0.4, -0.2) is 37.1 Å². The molecular formula is C15H26N2S. The maximum atomic E-state index is 3.57. The molecule has 0 amide bonds. The van der Waals surface area contributed by atoms with Crippen LogP contribution in [0.25, 0.3) is 0 Å². The molecule has 2 nitrogen and oxygen atoms in total. The molecule has 0 bridgehead atoms. The first-order valence-corrected chi connectivity index (χ1v) is 7.99. The number of hydrogen-bond donors (Lipinski definition) is 1. The zero-order valence-electron chi connectivity index (χ0n) is 11.9. The lowest BCUT2D eigenvalue weighted by Gasteiger charge is -2.37. The highest BCUT2D eigenvalue weighted by molar-refractivity contribution is 7.10. The molecule has 0 saturated carbocycles. The molecule has 1 fully saturated rings. The van der Waals surface area contributed by atoms with Gasteiger partial charge in [-0.15, -0.1) is 11.3 Å². The van der Waals surface area contributed by atoms with E-state index < -0.39 is 0 Å². The molecule has 2 heterocycles. The van der Waals surface area contributed by atoms with Gasteiger partial charge in [0.15, 0.2) is 0 Å². The third-order valence-electron chi connectivity index (χ3n) is 3.89. The van der Waals surface area contributed by atoms with Crippen molar-refractivity contribution in [2.45, 2.75) is 45.1 Å². The van der Waals surface area contributed by atoms with Crippen LogP contribution in [0.2, 0.25) is 0 Å². The average molecular weight is 266 g/mol. The summed E-state index contributed by atoms with van der Waals surface area (Å²) in [5.74, 6) is 0. The molecule has 3 heteroatoms. The predicted molar refractivity (Wildman–Crippen MR) is 80.5 cm³/mol. The minimum atomic E-state index is 0.291. The number of thiophene rings is 1. The molecule has 0 spiro atoms. The van der Waals surface area contributed by atoms with Crippen LogP contribution in [0.5, 0.6) is 0 Å². The predicted octanol–water partition coefficient (Wildman–Crippen LogP) is 3.10. The van der Waals surface area contributed by atoms with E-state index in [0.29, 0.717) is 5.41 Å². The third kappa shape index (κ3) is 3.56. The SMILES string of the molecule is CCNC1CCN(CC(C)(C)c2cccs2)CC1. The number of rotatable bonds is 5. The summed E-state index contributed by atoms with van der Waals surface area (Å²) in [5.41, 5.74) is 0.291. The lowest BCUT2D eigenvalue weighted by atomic mass is 9.89. The minimum absolute atomic E-state index is 0.291. The van der Waals surface area contributed by atoms with Crippen LogP contribution in [0.1, 0.15) is 38.5 Å². The van der Waals surface area contributed by atoms with Crippen molar-refractivity contribution < 1.29 is 0 Å². The second-order valence-corrected chi connectivity index (χ2v) is 6.92. The zero-order valence-corrected chi connectivity index (χ0v) is 12.7. The van der Waals surface area contributed by atoms with Crippen LogP contribution < -0.4 is 5.32 Å². The number of piperidine rings is 1. The number of nitrogens with one attached hydrogen (secondary N) is 1. The van der Waals surface area contributed by atoms with Gasteiger partial charge in [-0.1, -0.05) is 26.8 Å². The fourth-order valence-corrected chi connectivity index (χ4v) is 3.73. The Labute approximate surface area is 115 Å². The molecule has 18 heavy (non-hydrogen) atoms. The Balaban J connectivity index is 1.84. The summed E-state index contributed by atoms with van der Waals surface area (Å²) in [6.07, 6.45) is 2.60. The van der Waals surface area contributed by atoms with Crippen molar-refractivity contribution in [1.29, 1.82) is 0 Å². The molecule has 1 aromatic rings. The van der Waals surface area contributed by atoms with Crippen molar-refractivity contribution in [1.82, 2.24) is 10.2 Å². The number of nitrogens with zero attached hydrogens (tertiary/aromatic N) is 1. The van der Waals surface area contributed by atoms with Crippen molar-refractivity contribution in [3.8, 4) is 0 Å². The lowest BCUT2D eigenvalue weighted by Crippen LogP contribution is -2.46. The van der Waals surface area contributed by atoms with Gasteiger partial charge in [0.25, 0.3) is 0 Å². The Morgan fingerprint density at radius 2 is 2.11 bits per heavy atom. The standard InChI is InChI=1S/C15H26N2S/c1-4-16-13-7-9-17(10-8-13)12-15(2,3)14-6-5-11-18-14/h5-6,11,13,16H,4,7-10,12H2,1-3H3. The summed E-state index contributed by atoms with van der Waals surface area (Å²) in [6.45, 7) is 11.7. The fraction of sp³-hybridized carbons (Fsp3) is 0.733. The largest absolute Gasteiger partial charge is 0.314 e. The molecule has 102 valence electrons. The van der Waals surface area contributed by atoms with Crippen molar-refractivity contribution >= 4 is 11.3 Å². The van der Waals surface area contributed by atoms with Gasteiger partial charge < -0.3 is 10.2 Å². The zero-order chi connectivity index (χ0) is 13.0. The number of likely N-dealkylation sites (tertiary alicyclic amines) is 1. The highest BCUT2D eigenvalue weighted by Gasteiger charge is 2.27. The van der Waals surface area contributed by atoms with Crippen LogP contribution in [0.3, 0.4) is 0 Å². The van der Waals surface area contributed by atoms with Crippen molar-refractivity contribution in [2.75, 3.05) is 26.2 Å². The summed E-state index contributed by atoms with van der Waals surface area (Å²) in [6, 6.07) is 5.19. The molecule has 1 N–H and O–H groups in total. The average Bonchev–Trinajstić information content (AvgIpc) is 2.86. The molecule has 0 atom stereocenters. The summed E-state index contributed by atoms with van der Waals surface area (Å²) in [7, 11) is 0. The first-order valence-electron chi connectivity index (χ1n) is 7.11. The molecule has 2 rings (SSSR count). The topological polar surface area (TPSA) is 15.3 Å². The van der Waals surface area contributed by atoms with Gasteiger partial charge in [0, 0.05) is 22.9 Å². The fourth-order valence-electron chi connectivity index (χ4n) is 2.88. The van der Waals surface area contributed by atoms with E-state index in [4.69, 9.17) is 0 Å². The Bertz CT molecular complexity index is 337. The molecule has 0 unspecified atom stereocenters. The van der Waals surface area contributed by atoms with Gasteiger partial charge in [-0.05, 0) is 43.9 Å². The maximum absolute atomic E-state index is 3.57. The molecule has 1 saturated heterocycles. The van der Waals surface area contributed by atoms with Gasteiger partial charge in [0.2, 0.25) is 0 Å². The first-order chi connectivity index (χ1) is 8.62. The third-order valence-corrected chi connectivity index (χ3v) is 5.12. The summed E-state index contributed by atoms with van der Waals surface area (Å²) < 4.78 is 0. The summed E-state index contributed by atoms with van der Waals surface area (Å²) in [5, 5.41) is 5.76. The molecule has 0 aliphatic carbocycles. The van der Waals surface area contributed by atoms with Gasteiger partial charge in [-0.2, -0.15) is 0 Å². The van der Waals surface area contributed by atoms with E-state index in [-0.39, 0.29) is 0 Å². The minimum Gasteiger partial charge on any atom is -0.314 e. The van der Waals surface area contributed by atoms with Crippen LogP contribution in [0.15, 0.2) is 17.5 Å². The first kappa shape index (κ1) is 14.0. The van der Waals surface area contributed by atoms with Gasteiger partial charge in [0.1, 0.15) is 0 Å². The van der Waals surface area contributed by atoms with Crippen molar-refractivity contribution in [3.63, 3.8) is 0 Å². The van der Waals surface area contributed by atoms with E-state index in [1.54, 1.807) is 0 Å². The normalized spacial score (nSPS) is 19.3. The van der Waals surface area contributed by atoms with Gasteiger partial charge in [0.05, 0.1) is 0 Å². The Kier molecular flexibility index (Phi) is 4.82. The van der Waals surface area contributed by atoms with E-state index in [1.165, 1.54) is 37.4 Å². The maximum Gasteiger partial charge on any atom is 0.0118 e. The van der Waals surface area contributed by atoms with Crippen LogP contribution >= 0.6 is 11.3 Å². The molecule has 1 aromatic heterocycles. The van der Waals surface area contributed by atoms with E-state index in [0.717, 1.165) is 12.6 Å². The van der Waals surface area contributed by atoms with Crippen LogP contribution in [0.4, 0.5) is 0 Å². The van der Waals surface area contributed by atoms with E-state index in [2.05, 4.69) is 48.5 Å². The lowest BCUT2D eigenvalue weighted by molar-refractivity contribution is 0.169. The number of hydrogen-bond acceptors (Lipinski definition) is 3. The summed E-state index contributed by atoms with van der Waals surface area (Å²) >= 11 is 1.89. The Hall–Kier alpha value is -0.380. The summed E-state index contributed by atoms with van der Waals surface area (Å²) in [4.78, 5) is 4.14.